The maximum atomic E-state index is 2.45. The van der Waals surface area contributed by atoms with Crippen molar-refractivity contribution >= 4 is 35.3 Å². The van der Waals surface area contributed by atoms with Crippen molar-refractivity contribution in [1.82, 2.24) is 0 Å². The highest BCUT2D eigenvalue weighted by atomic mass is 32.2. The molecule has 0 spiro atoms. The summed E-state index contributed by atoms with van der Waals surface area (Å²) in [6.45, 7) is 6.95. The molecule has 1 aromatic carbocycles. The second-order valence-corrected chi connectivity index (χ2v) is 24.5. The van der Waals surface area contributed by atoms with Crippen LogP contribution in [0.1, 0.15) is 348 Å². The predicted octanol–water partition coefficient (Wildman–Crippen LogP) is 24.9. The normalized spacial score (nSPS) is 11.7. The minimum absolute atomic E-state index is 1.29. The molecular formula is C63H120S3. The Bertz CT molecular complexity index is 980. The lowest BCUT2D eigenvalue weighted by Gasteiger charge is -2.14. The van der Waals surface area contributed by atoms with E-state index in [9.17, 15) is 0 Å². The third-order valence-electron chi connectivity index (χ3n) is 14.4. The molecule has 0 bridgehead atoms. The van der Waals surface area contributed by atoms with Crippen molar-refractivity contribution in [2.24, 2.45) is 0 Å². The van der Waals surface area contributed by atoms with Crippen LogP contribution in [0.15, 0.2) is 32.9 Å². The maximum Gasteiger partial charge on any atom is 0.0344 e. The highest BCUT2D eigenvalue weighted by molar-refractivity contribution is 8.03. The fraction of sp³-hybridized carbons (Fsp3) is 0.905. The molecule has 0 N–H and O–H groups in total. The zero-order valence-electron chi connectivity index (χ0n) is 45.6. The number of benzene rings is 1. The van der Waals surface area contributed by atoms with Gasteiger partial charge in [0.2, 0.25) is 0 Å². The Morgan fingerprint density at radius 1 is 0.212 bits per heavy atom. The highest BCUT2D eigenvalue weighted by Gasteiger charge is 2.11. The molecule has 0 saturated carbocycles. The van der Waals surface area contributed by atoms with E-state index in [4.69, 9.17) is 0 Å². The molecule has 0 radical (unpaired) electrons. The molecule has 0 aliphatic carbocycles. The molecule has 1 aromatic rings. The van der Waals surface area contributed by atoms with Gasteiger partial charge in [-0.25, -0.2) is 0 Å². The van der Waals surface area contributed by atoms with Gasteiger partial charge in [-0.3, -0.25) is 0 Å². The molecule has 390 valence electrons. The Kier molecular flexibility index (Phi) is 54.7. The van der Waals surface area contributed by atoms with Crippen LogP contribution in [0.3, 0.4) is 0 Å². The van der Waals surface area contributed by atoms with Crippen molar-refractivity contribution in [2.45, 2.75) is 363 Å². The molecule has 0 nitrogen and oxygen atoms in total. The predicted molar refractivity (Wildman–Crippen MR) is 311 cm³/mol. The molecule has 66 heavy (non-hydrogen) atoms. The Balaban J connectivity index is 2.28. The van der Waals surface area contributed by atoms with Crippen LogP contribution in [-0.2, 0) is 0 Å². The van der Waals surface area contributed by atoms with Crippen LogP contribution in [0.4, 0.5) is 0 Å². The lowest BCUT2D eigenvalue weighted by atomic mass is 10.0. The summed E-state index contributed by atoms with van der Waals surface area (Å²) in [5.74, 6) is 3.87. The van der Waals surface area contributed by atoms with Gasteiger partial charge in [0.15, 0.2) is 0 Å². The molecule has 3 heteroatoms. The van der Waals surface area contributed by atoms with Crippen LogP contribution in [-0.4, -0.2) is 17.3 Å². The van der Waals surface area contributed by atoms with E-state index in [1.807, 2.05) is 0 Å². The summed E-state index contributed by atoms with van der Waals surface area (Å²) in [5.41, 5.74) is 0. The number of thioether (sulfide) groups is 3. The summed E-state index contributed by atoms with van der Waals surface area (Å²) < 4.78 is 0. The van der Waals surface area contributed by atoms with E-state index < -0.39 is 0 Å². The third kappa shape index (κ3) is 46.6. The van der Waals surface area contributed by atoms with Gasteiger partial charge in [0, 0.05) is 14.7 Å². The standard InChI is InChI=1S/C63H120S3/c1-4-7-10-13-16-19-22-25-28-31-34-37-40-43-46-49-52-58-64-61-56-55-57-62(65-59-53-50-47-44-41-38-35-32-29-26-23-20-17-14-11-8-5-2)63(61)66-60-54-51-48-45-42-39-36-33-30-27-24-21-18-15-12-9-6-3/h55-57H,4-54,58-60H2,1-3H3. The SMILES string of the molecule is CCCCCCCCCCCCCCCCCCCSc1cccc(SCCCCCCCCCCCCCCCCCCC)c1SCCCCCCCCCCCCCCCCCCC. The maximum absolute atomic E-state index is 2.45. The Morgan fingerprint density at radius 3 is 0.576 bits per heavy atom. The second kappa shape index (κ2) is 56.2. The van der Waals surface area contributed by atoms with Gasteiger partial charge in [0.25, 0.3) is 0 Å². The smallest absolute Gasteiger partial charge is 0.0344 e. The molecule has 1 rings (SSSR count). The topological polar surface area (TPSA) is 0 Å². The van der Waals surface area contributed by atoms with Gasteiger partial charge in [0.1, 0.15) is 0 Å². The fourth-order valence-corrected chi connectivity index (χ4v) is 13.6. The first-order chi connectivity index (χ1) is 32.8. The quantitative estimate of drug-likeness (QED) is 0.0472. The number of unbranched alkanes of at least 4 members (excludes halogenated alkanes) is 48. The summed E-state index contributed by atoms with van der Waals surface area (Å²) in [7, 11) is 0. The van der Waals surface area contributed by atoms with Crippen LogP contribution in [0.5, 0.6) is 0 Å². The van der Waals surface area contributed by atoms with E-state index in [1.54, 1.807) is 14.7 Å². The van der Waals surface area contributed by atoms with E-state index in [0.29, 0.717) is 0 Å². The molecular weight excluding hydrogens is 853 g/mol. The Morgan fingerprint density at radius 2 is 0.379 bits per heavy atom. The van der Waals surface area contributed by atoms with Gasteiger partial charge in [-0.1, -0.05) is 335 Å². The van der Waals surface area contributed by atoms with Crippen LogP contribution in [0.25, 0.3) is 0 Å². The lowest BCUT2D eigenvalue weighted by molar-refractivity contribution is 0.529. The monoisotopic (exact) mass is 973 g/mol. The van der Waals surface area contributed by atoms with E-state index in [2.05, 4.69) is 74.3 Å². The molecule has 0 heterocycles. The number of hydrogen-bond donors (Lipinski definition) is 0. The zero-order chi connectivity index (χ0) is 47.2. The van der Waals surface area contributed by atoms with E-state index in [0.717, 1.165) is 0 Å². The van der Waals surface area contributed by atoms with Crippen molar-refractivity contribution in [1.29, 1.82) is 0 Å². The number of rotatable bonds is 57. The van der Waals surface area contributed by atoms with E-state index in [-0.39, 0.29) is 0 Å². The first kappa shape index (κ1) is 64.3. The van der Waals surface area contributed by atoms with Crippen LogP contribution >= 0.6 is 35.3 Å². The summed E-state index contributed by atoms with van der Waals surface area (Å²) in [5, 5.41) is 0. The largest absolute Gasteiger partial charge is 0.125 e. The fourth-order valence-electron chi connectivity index (χ4n) is 9.88. The van der Waals surface area contributed by atoms with Crippen molar-refractivity contribution in [3.05, 3.63) is 18.2 Å². The van der Waals surface area contributed by atoms with Crippen molar-refractivity contribution < 1.29 is 0 Å². The second-order valence-electron chi connectivity index (χ2n) is 21.1. The van der Waals surface area contributed by atoms with Gasteiger partial charge in [-0.2, -0.15) is 0 Å². The third-order valence-corrected chi connectivity index (χ3v) is 18.2. The minimum atomic E-state index is 1.29. The minimum Gasteiger partial charge on any atom is -0.125 e. The Labute approximate surface area is 431 Å². The van der Waals surface area contributed by atoms with Crippen LogP contribution in [0, 0.1) is 0 Å². The molecule has 0 atom stereocenters. The van der Waals surface area contributed by atoms with E-state index >= 15 is 0 Å². The molecule has 0 unspecified atom stereocenters. The average molecular weight is 974 g/mol. The first-order valence-electron chi connectivity index (χ1n) is 30.8. The van der Waals surface area contributed by atoms with Crippen LogP contribution in [0.2, 0.25) is 0 Å². The van der Waals surface area contributed by atoms with Gasteiger partial charge < -0.3 is 0 Å². The van der Waals surface area contributed by atoms with E-state index in [1.165, 1.54) is 345 Å². The summed E-state index contributed by atoms with van der Waals surface area (Å²) in [4.78, 5) is 4.79. The lowest BCUT2D eigenvalue weighted by Crippen LogP contribution is -1.91. The van der Waals surface area contributed by atoms with Gasteiger partial charge in [-0.05, 0) is 48.7 Å². The first-order valence-corrected chi connectivity index (χ1v) is 33.8. The molecule has 0 fully saturated rings. The summed E-state index contributed by atoms with van der Waals surface area (Å²) in [6.07, 6.45) is 74.1. The van der Waals surface area contributed by atoms with Gasteiger partial charge in [-0.15, -0.1) is 35.3 Å². The Hall–Kier alpha value is 0.270. The molecule has 0 aliphatic heterocycles. The summed E-state index contributed by atoms with van der Waals surface area (Å²) in [6, 6.07) is 7.28. The zero-order valence-corrected chi connectivity index (χ0v) is 48.1. The average Bonchev–Trinajstić information content (AvgIpc) is 3.33. The molecule has 0 saturated heterocycles. The summed E-state index contributed by atoms with van der Waals surface area (Å²) >= 11 is 6.54. The molecule has 0 aliphatic rings. The number of hydrogen-bond acceptors (Lipinski definition) is 3. The van der Waals surface area contributed by atoms with Crippen molar-refractivity contribution in [3.8, 4) is 0 Å². The van der Waals surface area contributed by atoms with Crippen LogP contribution < -0.4 is 0 Å². The molecule has 0 amide bonds. The highest BCUT2D eigenvalue weighted by Crippen LogP contribution is 2.40. The van der Waals surface area contributed by atoms with Gasteiger partial charge in [0.05, 0.1) is 0 Å². The molecule has 0 aromatic heterocycles. The van der Waals surface area contributed by atoms with Crippen molar-refractivity contribution in [2.75, 3.05) is 17.3 Å². The van der Waals surface area contributed by atoms with Gasteiger partial charge >= 0.3 is 0 Å². The van der Waals surface area contributed by atoms with Crippen molar-refractivity contribution in [3.63, 3.8) is 0 Å².